The van der Waals surface area contributed by atoms with Crippen molar-refractivity contribution in [1.29, 1.82) is 0 Å². The Morgan fingerprint density at radius 3 is 2.55 bits per heavy atom. The van der Waals surface area contributed by atoms with Crippen molar-refractivity contribution in [2.75, 3.05) is 18.5 Å². The average Bonchev–Trinajstić information content (AvgIpc) is 2.83. The number of benzene rings is 1. The Morgan fingerprint density at radius 2 is 1.91 bits per heavy atom. The van der Waals surface area contributed by atoms with Crippen LogP contribution in [0.1, 0.15) is 37.8 Å². The molecule has 33 heavy (non-hydrogen) atoms. The second-order valence-corrected chi connectivity index (χ2v) is 7.49. The summed E-state index contributed by atoms with van der Waals surface area (Å²) >= 11 is 0. The topological polar surface area (TPSA) is 101 Å². The molecule has 0 aliphatic rings. The van der Waals surface area contributed by atoms with Gasteiger partial charge in [-0.2, -0.15) is 0 Å². The number of nitrogens with one attached hydrogen (secondary N) is 2. The van der Waals surface area contributed by atoms with E-state index >= 15 is 0 Å². The molecule has 1 atom stereocenters. The van der Waals surface area contributed by atoms with Crippen molar-refractivity contribution in [3.63, 3.8) is 0 Å². The van der Waals surface area contributed by atoms with Gasteiger partial charge >= 0.3 is 5.97 Å². The highest BCUT2D eigenvalue weighted by molar-refractivity contribution is 5.98. The summed E-state index contributed by atoms with van der Waals surface area (Å²) in [5.41, 5.74) is 2.29. The summed E-state index contributed by atoms with van der Waals surface area (Å²) in [6, 6.07) is 12.3. The number of carbonyl (C=O) groups excluding carboxylic acids is 1. The van der Waals surface area contributed by atoms with Gasteiger partial charge in [-0.1, -0.05) is 55.5 Å². The lowest BCUT2D eigenvalue weighted by Crippen LogP contribution is -2.42. The third kappa shape index (κ3) is 9.70. The number of allylic oxidation sites excluding steroid dienone is 2. The van der Waals surface area contributed by atoms with Crippen LogP contribution in [-0.4, -0.2) is 41.2 Å². The first-order valence-electron chi connectivity index (χ1n) is 11.2. The molecule has 176 valence electrons. The molecule has 0 radical (unpaired) electrons. The van der Waals surface area contributed by atoms with Crippen molar-refractivity contribution in [2.24, 2.45) is 0 Å². The van der Waals surface area contributed by atoms with Crippen molar-refractivity contribution in [2.45, 2.75) is 45.8 Å². The highest BCUT2D eigenvalue weighted by atomic mass is 16.5. The maximum Gasteiger partial charge on any atom is 0.326 e. The third-order valence-corrected chi connectivity index (χ3v) is 4.88. The van der Waals surface area contributed by atoms with E-state index < -0.39 is 17.9 Å². The Kier molecular flexibility index (Phi) is 11.4. The van der Waals surface area contributed by atoms with Crippen molar-refractivity contribution >= 4 is 17.7 Å². The Labute approximate surface area is 195 Å². The predicted octanol–water partition coefficient (Wildman–Crippen LogP) is 4.12. The first-order valence-corrected chi connectivity index (χ1v) is 11.2. The Morgan fingerprint density at radius 1 is 1.15 bits per heavy atom. The number of rotatable bonds is 14. The number of hydrogen-bond acceptors (Lipinski definition) is 5. The van der Waals surface area contributed by atoms with Gasteiger partial charge in [0.15, 0.2) is 0 Å². The average molecular weight is 452 g/mol. The molecule has 2 aromatic rings. The summed E-state index contributed by atoms with van der Waals surface area (Å²) in [7, 11) is 0. The van der Waals surface area contributed by atoms with E-state index in [1.54, 1.807) is 25.3 Å². The first kappa shape index (κ1) is 25.8. The molecule has 0 saturated carbocycles. The summed E-state index contributed by atoms with van der Waals surface area (Å²) in [6.45, 7) is 5.60. The number of carbonyl (C=O) groups is 2. The number of hydrogen-bond donors (Lipinski definition) is 3. The highest BCUT2D eigenvalue weighted by Crippen LogP contribution is 2.10. The summed E-state index contributed by atoms with van der Waals surface area (Å²) < 4.78 is 5.72. The van der Waals surface area contributed by atoms with Crippen LogP contribution in [0.5, 0.6) is 0 Å². The summed E-state index contributed by atoms with van der Waals surface area (Å²) in [6.07, 6.45) is 8.85. The minimum absolute atomic E-state index is 0.204. The Bertz CT molecular complexity index is 924. The SMILES string of the molecule is C/C=C(\C=C/CC)C(=O)NC(Cc1ccc(COCCCNc2ccccn2)cc1)C(=O)O. The number of nitrogens with zero attached hydrogens (tertiary/aromatic N) is 1. The van der Waals surface area contributed by atoms with E-state index in [9.17, 15) is 14.7 Å². The summed E-state index contributed by atoms with van der Waals surface area (Å²) in [4.78, 5) is 28.3. The minimum atomic E-state index is -1.06. The number of carboxylic acids is 1. The molecule has 0 fully saturated rings. The van der Waals surface area contributed by atoms with E-state index in [0.717, 1.165) is 36.3 Å². The molecule has 1 aromatic heterocycles. The molecular weight excluding hydrogens is 418 g/mol. The van der Waals surface area contributed by atoms with Gasteiger partial charge < -0.3 is 20.5 Å². The van der Waals surface area contributed by atoms with Gasteiger partial charge in [0.1, 0.15) is 11.9 Å². The summed E-state index contributed by atoms with van der Waals surface area (Å²) in [5.74, 6) is -0.606. The van der Waals surface area contributed by atoms with Crippen LogP contribution in [0.2, 0.25) is 0 Å². The van der Waals surface area contributed by atoms with Gasteiger partial charge in [-0.3, -0.25) is 4.79 Å². The maximum atomic E-state index is 12.4. The second kappa shape index (κ2) is 14.6. The molecule has 0 aliphatic heterocycles. The predicted molar refractivity (Wildman–Crippen MR) is 130 cm³/mol. The fourth-order valence-electron chi connectivity index (χ4n) is 3.04. The zero-order valence-corrected chi connectivity index (χ0v) is 19.3. The van der Waals surface area contributed by atoms with E-state index in [1.165, 1.54) is 0 Å². The van der Waals surface area contributed by atoms with Crippen LogP contribution in [0.4, 0.5) is 5.82 Å². The maximum absolute atomic E-state index is 12.4. The van der Waals surface area contributed by atoms with Crippen molar-refractivity contribution in [1.82, 2.24) is 10.3 Å². The fourth-order valence-corrected chi connectivity index (χ4v) is 3.04. The van der Waals surface area contributed by atoms with Gasteiger partial charge in [0.05, 0.1) is 6.61 Å². The molecular formula is C26H33N3O4. The largest absolute Gasteiger partial charge is 0.480 e. The number of aromatic nitrogens is 1. The van der Waals surface area contributed by atoms with Crippen LogP contribution in [0.25, 0.3) is 0 Å². The summed E-state index contributed by atoms with van der Waals surface area (Å²) in [5, 5.41) is 15.4. The van der Waals surface area contributed by atoms with E-state index in [0.29, 0.717) is 18.8 Å². The molecule has 0 spiro atoms. The van der Waals surface area contributed by atoms with Crippen LogP contribution >= 0.6 is 0 Å². The number of carboxylic acid groups (broad SMARTS) is 1. The zero-order valence-electron chi connectivity index (χ0n) is 19.3. The van der Waals surface area contributed by atoms with E-state index in [4.69, 9.17) is 4.74 Å². The molecule has 0 saturated heterocycles. The molecule has 1 amide bonds. The van der Waals surface area contributed by atoms with Crippen LogP contribution in [-0.2, 0) is 27.4 Å². The normalized spacial score (nSPS) is 12.5. The van der Waals surface area contributed by atoms with E-state index in [1.807, 2.05) is 55.5 Å². The number of amides is 1. The quantitative estimate of drug-likeness (QED) is 0.227. The Hall–Kier alpha value is -3.45. The molecule has 0 aliphatic carbocycles. The van der Waals surface area contributed by atoms with E-state index in [-0.39, 0.29) is 6.42 Å². The van der Waals surface area contributed by atoms with Gasteiger partial charge in [-0.05, 0) is 43.0 Å². The lowest BCUT2D eigenvalue weighted by Gasteiger charge is -2.15. The van der Waals surface area contributed by atoms with Crippen molar-refractivity contribution in [3.05, 3.63) is 83.6 Å². The van der Waals surface area contributed by atoms with Gasteiger partial charge in [-0.25, -0.2) is 9.78 Å². The van der Waals surface area contributed by atoms with Crippen LogP contribution in [0.15, 0.2) is 72.5 Å². The molecule has 0 bridgehead atoms. The second-order valence-electron chi connectivity index (χ2n) is 7.49. The van der Waals surface area contributed by atoms with Gasteiger partial charge in [0, 0.05) is 31.3 Å². The molecule has 2 rings (SSSR count). The lowest BCUT2D eigenvalue weighted by atomic mass is 10.0. The third-order valence-electron chi connectivity index (χ3n) is 4.88. The number of anilines is 1. The molecule has 7 nitrogen and oxygen atoms in total. The lowest BCUT2D eigenvalue weighted by molar-refractivity contribution is -0.141. The van der Waals surface area contributed by atoms with Crippen LogP contribution in [0, 0.1) is 0 Å². The number of aliphatic carboxylic acids is 1. The standard InChI is InChI=1S/C26H33N3O4/c1-3-5-9-22(4-2)25(30)29-23(26(31)32)18-20-11-13-21(14-12-20)19-33-17-8-16-28-24-10-6-7-15-27-24/h4-7,9-15,23H,3,8,16-19H2,1-2H3,(H,27,28)(H,29,30)(H,31,32)/b9-5-,22-4+. The number of ether oxygens (including phenoxy) is 1. The zero-order chi connectivity index (χ0) is 23.9. The Balaban J connectivity index is 1.77. The van der Waals surface area contributed by atoms with Crippen molar-refractivity contribution in [3.8, 4) is 0 Å². The fraction of sp³-hybridized carbons (Fsp3) is 0.346. The van der Waals surface area contributed by atoms with E-state index in [2.05, 4.69) is 15.6 Å². The van der Waals surface area contributed by atoms with Gasteiger partial charge in [0.2, 0.25) is 0 Å². The van der Waals surface area contributed by atoms with Crippen LogP contribution < -0.4 is 10.6 Å². The highest BCUT2D eigenvalue weighted by Gasteiger charge is 2.21. The molecule has 1 aromatic carbocycles. The smallest absolute Gasteiger partial charge is 0.326 e. The first-order chi connectivity index (χ1) is 16.0. The monoisotopic (exact) mass is 451 g/mol. The molecule has 3 N–H and O–H groups in total. The molecule has 1 unspecified atom stereocenters. The van der Waals surface area contributed by atoms with Gasteiger partial charge in [0.25, 0.3) is 5.91 Å². The van der Waals surface area contributed by atoms with Crippen LogP contribution in [0.3, 0.4) is 0 Å². The molecule has 1 heterocycles. The minimum Gasteiger partial charge on any atom is -0.480 e. The van der Waals surface area contributed by atoms with Crippen molar-refractivity contribution < 1.29 is 19.4 Å². The van der Waals surface area contributed by atoms with Gasteiger partial charge in [-0.15, -0.1) is 0 Å². The molecule has 7 heteroatoms. The number of pyridine rings is 1.